The van der Waals surface area contributed by atoms with Crippen LogP contribution in [0.2, 0.25) is 0 Å². The van der Waals surface area contributed by atoms with Crippen molar-refractivity contribution in [3.63, 3.8) is 0 Å². The number of hydrogen-bond acceptors (Lipinski definition) is 6. The third kappa shape index (κ3) is 3.76. The van der Waals surface area contributed by atoms with E-state index in [1.165, 1.54) is 24.3 Å². The second-order valence-corrected chi connectivity index (χ2v) is 6.57. The third-order valence-corrected chi connectivity index (χ3v) is 4.47. The van der Waals surface area contributed by atoms with E-state index in [1.807, 2.05) is 0 Å². The summed E-state index contributed by atoms with van der Waals surface area (Å²) in [5.74, 6) is -0.384. The van der Waals surface area contributed by atoms with E-state index in [1.54, 1.807) is 0 Å². The highest BCUT2D eigenvalue weighted by Crippen LogP contribution is 2.37. The van der Waals surface area contributed by atoms with Gasteiger partial charge in [0.1, 0.15) is 12.0 Å². The van der Waals surface area contributed by atoms with E-state index in [0.717, 1.165) is 6.07 Å². The molecule has 0 spiro atoms. The number of aldehydes is 1. The molecule has 2 aromatic rings. The molecule has 2 aromatic carbocycles. The SMILES string of the molecule is O=Cc1ccc(Oc2ccc(S(=O)(=O)C(F)(F)F)cc2[N+](=O)[O-])cc1. The Labute approximate surface area is 138 Å². The normalized spacial score (nSPS) is 11.8. The van der Waals surface area contributed by atoms with Gasteiger partial charge in [0.2, 0.25) is 5.75 Å². The lowest BCUT2D eigenvalue weighted by Crippen LogP contribution is -2.23. The molecule has 0 N–H and O–H groups in total. The van der Waals surface area contributed by atoms with E-state index >= 15 is 0 Å². The molecule has 2 rings (SSSR count). The standard InChI is InChI=1S/C14H8F3NO6S/c15-14(16,17)25(22,23)11-5-6-13(12(7-11)18(20)21)24-10-3-1-9(8-19)2-4-10/h1-8H. The number of benzene rings is 2. The van der Waals surface area contributed by atoms with Gasteiger partial charge in [-0.05, 0) is 36.4 Å². The van der Waals surface area contributed by atoms with Crippen molar-refractivity contribution >= 4 is 21.8 Å². The average molecular weight is 375 g/mol. The van der Waals surface area contributed by atoms with Crippen LogP contribution in [0.1, 0.15) is 10.4 Å². The Morgan fingerprint density at radius 1 is 1.08 bits per heavy atom. The monoisotopic (exact) mass is 375 g/mol. The van der Waals surface area contributed by atoms with Crippen LogP contribution >= 0.6 is 0 Å². The maximum absolute atomic E-state index is 12.6. The zero-order valence-corrected chi connectivity index (χ0v) is 12.9. The minimum absolute atomic E-state index is 0.0696. The molecule has 11 heteroatoms. The highest BCUT2D eigenvalue weighted by molar-refractivity contribution is 7.92. The molecule has 132 valence electrons. The minimum atomic E-state index is -5.73. The van der Waals surface area contributed by atoms with Gasteiger partial charge >= 0.3 is 11.2 Å². The number of alkyl halides is 3. The molecule has 0 atom stereocenters. The summed E-state index contributed by atoms with van der Waals surface area (Å²) in [7, 11) is -5.73. The van der Waals surface area contributed by atoms with Crippen LogP contribution in [-0.2, 0) is 9.84 Å². The Bertz CT molecular complexity index is 923. The predicted octanol–water partition coefficient (Wildman–Crippen LogP) is 3.49. The number of nitrogens with zero attached hydrogens (tertiary/aromatic N) is 1. The van der Waals surface area contributed by atoms with Crippen LogP contribution in [0.3, 0.4) is 0 Å². The fourth-order valence-corrected chi connectivity index (χ4v) is 2.55. The Hall–Kier alpha value is -2.95. The first-order valence-corrected chi connectivity index (χ1v) is 7.87. The Morgan fingerprint density at radius 2 is 1.68 bits per heavy atom. The van der Waals surface area contributed by atoms with Crippen LogP contribution < -0.4 is 4.74 Å². The van der Waals surface area contributed by atoms with Crippen molar-refractivity contribution in [2.24, 2.45) is 0 Å². The van der Waals surface area contributed by atoms with Gasteiger partial charge in [0.05, 0.1) is 9.82 Å². The Kier molecular flexibility index (Phi) is 4.79. The van der Waals surface area contributed by atoms with Crippen LogP contribution in [0, 0.1) is 10.1 Å². The first-order chi connectivity index (χ1) is 11.6. The van der Waals surface area contributed by atoms with Crippen molar-refractivity contribution in [2.45, 2.75) is 10.4 Å². The van der Waals surface area contributed by atoms with Gasteiger partial charge in [0.25, 0.3) is 9.84 Å². The fraction of sp³-hybridized carbons (Fsp3) is 0.0714. The summed E-state index contributed by atoms with van der Waals surface area (Å²) < 4.78 is 65.5. The van der Waals surface area contributed by atoms with E-state index < -0.39 is 36.6 Å². The topological polar surface area (TPSA) is 104 Å². The van der Waals surface area contributed by atoms with Crippen LogP contribution in [0.4, 0.5) is 18.9 Å². The first-order valence-electron chi connectivity index (χ1n) is 6.39. The number of carbonyl (C=O) groups excluding carboxylic acids is 1. The molecule has 0 saturated heterocycles. The highest BCUT2D eigenvalue weighted by atomic mass is 32.2. The number of halogens is 3. The predicted molar refractivity (Wildman–Crippen MR) is 78.2 cm³/mol. The number of sulfone groups is 1. The molecule has 0 radical (unpaired) electrons. The largest absolute Gasteiger partial charge is 0.501 e. The smallest absolute Gasteiger partial charge is 0.450 e. The van der Waals surface area contributed by atoms with Crippen molar-refractivity contribution in [3.8, 4) is 11.5 Å². The lowest BCUT2D eigenvalue weighted by Gasteiger charge is -2.10. The fourth-order valence-electron chi connectivity index (χ4n) is 1.77. The van der Waals surface area contributed by atoms with Crippen molar-refractivity contribution in [2.75, 3.05) is 0 Å². The van der Waals surface area contributed by atoms with E-state index in [2.05, 4.69) is 0 Å². The molecule has 0 fully saturated rings. The molecular formula is C14H8F3NO6S. The van der Waals surface area contributed by atoms with Crippen molar-refractivity contribution in [1.29, 1.82) is 0 Å². The highest BCUT2D eigenvalue weighted by Gasteiger charge is 2.47. The zero-order chi connectivity index (χ0) is 18.8. The number of hydrogen-bond donors (Lipinski definition) is 0. The number of carbonyl (C=O) groups is 1. The molecule has 0 aromatic heterocycles. The van der Waals surface area contributed by atoms with E-state index in [4.69, 9.17) is 4.74 Å². The molecule has 0 unspecified atom stereocenters. The second kappa shape index (κ2) is 6.51. The Balaban J connectivity index is 2.46. The van der Waals surface area contributed by atoms with Gasteiger partial charge in [0.15, 0.2) is 0 Å². The van der Waals surface area contributed by atoms with Crippen molar-refractivity contribution in [3.05, 3.63) is 58.1 Å². The van der Waals surface area contributed by atoms with Gasteiger partial charge in [-0.3, -0.25) is 14.9 Å². The van der Waals surface area contributed by atoms with Gasteiger partial charge in [-0.25, -0.2) is 8.42 Å². The van der Waals surface area contributed by atoms with E-state index in [-0.39, 0.29) is 11.8 Å². The van der Waals surface area contributed by atoms with Crippen LogP contribution in [0.5, 0.6) is 11.5 Å². The maximum atomic E-state index is 12.6. The zero-order valence-electron chi connectivity index (χ0n) is 12.1. The van der Waals surface area contributed by atoms with E-state index in [0.29, 0.717) is 17.9 Å². The summed E-state index contributed by atoms with van der Waals surface area (Å²) in [5.41, 5.74) is -6.23. The van der Waals surface area contributed by atoms with Gasteiger partial charge in [-0.1, -0.05) is 0 Å². The average Bonchev–Trinajstić information content (AvgIpc) is 2.54. The van der Waals surface area contributed by atoms with Gasteiger partial charge < -0.3 is 4.74 Å². The quantitative estimate of drug-likeness (QED) is 0.450. The summed E-state index contributed by atoms with van der Waals surface area (Å²) in [5, 5.41) is 11.0. The molecular weight excluding hydrogens is 367 g/mol. The molecule has 25 heavy (non-hydrogen) atoms. The van der Waals surface area contributed by atoms with Crippen molar-refractivity contribution in [1.82, 2.24) is 0 Å². The van der Waals surface area contributed by atoms with Gasteiger partial charge in [0, 0.05) is 11.6 Å². The van der Waals surface area contributed by atoms with Crippen molar-refractivity contribution < 1.29 is 36.0 Å². The first kappa shape index (κ1) is 18.4. The molecule has 7 nitrogen and oxygen atoms in total. The molecule has 0 aliphatic rings. The molecule has 0 heterocycles. The summed E-state index contributed by atoms with van der Waals surface area (Å²) in [4.78, 5) is 19.3. The summed E-state index contributed by atoms with van der Waals surface area (Å²) in [6, 6.07) is 6.93. The van der Waals surface area contributed by atoms with Crippen LogP contribution in [-0.4, -0.2) is 25.1 Å². The summed E-state index contributed by atoms with van der Waals surface area (Å²) in [6.07, 6.45) is 0.559. The molecule has 0 aliphatic carbocycles. The van der Waals surface area contributed by atoms with Crippen LogP contribution in [0.15, 0.2) is 47.4 Å². The molecule has 0 aliphatic heterocycles. The third-order valence-electron chi connectivity index (χ3n) is 2.99. The molecule has 0 amide bonds. The lowest BCUT2D eigenvalue weighted by atomic mass is 10.2. The number of nitro groups is 1. The van der Waals surface area contributed by atoms with Gasteiger partial charge in [-0.15, -0.1) is 0 Å². The number of nitro benzene ring substituents is 1. The molecule has 0 saturated carbocycles. The minimum Gasteiger partial charge on any atom is -0.450 e. The summed E-state index contributed by atoms with van der Waals surface area (Å²) in [6.45, 7) is 0. The van der Waals surface area contributed by atoms with E-state index in [9.17, 15) is 36.5 Å². The number of ether oxygens (including phenoxy) is 1. The number of rotatable bonds is 5. The maximum Gasteiger partial charge on any atom is 0.501 e. The Morgan fingerprint density at radius 3 is 2.16 bits per heavy atom. The lowest BCUT2D eigenvalue weighted by molar-refractivity contribution is -0.385. The van der Waals surface area contributed by atoms with Crippen LogP contribution in [0.25, 0.3) is 0 Å². The molecule has 0 bridgehead atoms. The summed E-state index contributed by atoms with van der Waals surface area (Å²) >= 11 is 0. The van der Waals surface area contributed by atoms with Gasteiger partial charge in [-0.2, -0.15) is 13.2 Å². The second-order valence-electron chi connectivity index (χ2n) is 4.62.